The maximum absolute atomic E-state index is 5.98. The fourth-order valence-electron chi connectivity index (χ4n) is 2.45. The quantitative estimate of drug-likeness (QED) is 0.768. The number of alkyl halides is 1. The number of aromatic nitrogens is 1. The molecule has 0 amide bonds. The number of piperazine rings is 1. The Kier molecular flexibility index (Phi) is 4.13. The highest BCUT2D eigenvalue weighted by atomic mass is 35.5. The van der Waals surface area contributed by atoms with Crippen molar-refractivity contribution < 1.29 is 0 Å². The highest BCUT2D eigenvalue weighted by molar-refractivity contribution is 6.17. The molecule has 1 saturated heterocycles. The minimum absolute atomic E-state index is 0.264. The lowest BCUT2D eigenvalue weighted by Gasteiger charge is -2.43. The van der Waals surface area contributed by atoms with Gasteiger partial charge >= 0.3 is 0 Å². The van der Waals surface area contributed by atoms with Crippen LogP contribution < -0.4 is 4.90 Å². The smallest absolute Gasteiger partial charge is 0.0509 e. The molecule has 0 aliphatic carbocycles. The number of halogens is 1. The number of anilines is 1. The van der Waals surface area contributed by atoms with Gasteiger partial charge in [0.25, 0.3) is 0 Å². The molecule has 0 saturated carbocycles. The summed E-state index contributed by atoms with van der Waals surface area (Å²) in [7, 11) is 0. The summed E-state index contributed by atoms with van der Waals surface area (Å²) in [6.45, 7) is 11.2. The molecule has 100 valence electrons. The molecule has 0 N–H and O–H groups in total. The summed E-state index contributed by atoms with van der Waals surface area (Å²) >= 11 is 5.98. The third kappa shape index (κ3) is 2.96. The van der Waals surface area contributed by atoms with Crippen molar-refractivity contribution in [1.82, 2.24) is 9.88 Å². The van der Waals surface area contributed by atoms with Crippen molar-refractivity contribution >= 4 is 17.3 Å². The molecule has 18 heavy (non-hydrogen) atoms. The monoisotopic (exact) mass is 267 g/mol. The molecule has 1 aliphatic heterocycles. The van der Waals surface area contributed by atoms with Crippen molar-refractivity contribution in [1.29, 1.82) is 0 Å². The van der Waals surface area contributed by atoms with Crippen molar-refractivity contribution in [2.45, 2.75) is 32.2 Å². The van der Waals surface area contributed by atoms with Gasteiger partial charge in [0.05, 0.1) is 5.88 Å². The second kappa shape index (κ2) is 5.45. The lowest BCUT2D eigenvalue weighted by atomic mass is 10.0. The number of nitrogens with zero attached hydrogens (tertiary/aromatic N) is 3. The van der Waals surface area contributed by atoms with Crippen molar-refractivity contribution in [2.24, 2.45) is 0 Å². The normalized spacial score (nSPS) is 18.1. The summed E-state index contributed by atoms with van der Waals surface area (Å²) in [6, 6.07) is 2.07. The summed E-state index contributed by atoms with van der Waals surface area (Å²) in [4.78, 5) is 9.09. The largest absolute Gasteiger partial charge is 0.369 e. The Balaban J connectivity index is 2.06. The van der Waals surface area contributed by atoms with Gasteiger partial charge in [-0.2, -0.15) is 0 Å². The van der Waals surface area contributed by atoms with Crippen LogP contribution in [-0.4, -0.2) is 41.6 Å². The molecule has 0 radical (unpaired) electrons. The predicted molar refractivity (Wildman–Crippen MR) is 77.3 cm³/mol. The third-order valence-corrected chi connectivity index (χ3v) is 3.88. The van der Waals surface area contributed by atoms with E-state index in [0.717, 1.165) is 31.7 Å². The van der Waals surface area contributed by atoms with E-state index >= 15 is 0 Å². The van der Waals surface area contributed by atoms with E-state index in [9.17, 15) is 0 Å². The van der Waals surface area contributed by atoms with Gasteiger partial charge < -0.3 is 4.90 Å². The van der Waals surface area contributed by atoms with Gasteiger partial charge in [0.2, 0.25) is 0 Å². The first-order valence-electron chi connectivity index (χ1n) is 6.51. The van der Waals surface area contributed by atoms with E-state index in [1.165, 1.54) is 5.69 Å². The molecule has 1 fully saturated rings. The van der Waals surface area contributed by atoms with Crippen LogP contribution in [0.15, 0.2) is 18.5 Å². The average molecular weight is 268 g/mol. The van der Waals surface area contributed by atoms with Gasteiger partial charge in [0.15, 0.2) is 0 Å². The Morgan fingerprint density at radius 2 is 1.89 bits per heavy atom. The number of hydrogen-bond donors (Lipinski definition) is 0. The number of rotatable bonds is 2. The number of pyridine rings is 1. The van der Waals surface area contributed by atoms with Gasteiger partial charge in [0, 0.05) is 55.4 Å². The second-order valence-corrected chi connectivity index (χ2v) is 6.05. The van der Waals surface area contributed by atoms with Crippen LogP contribution in [0.25, 0.3) is 0 Å². The molecule has 0 spiro atoms. The molecule has 0 aromatic carbocycles. The van der Waals surface area contributed by atoms with Gasteiger partial charge in [-0.3, -0.25) is 9.88 Å². The van der Waals surface area contributed by atoms with Gasteiger partial charge in [-0.1, -0.05) is 0 Å². The molecule has 2 rings (SSSR count). The zero-order valence-corrected chi connectivity index (χ0v) is 12.2. The predicted octanol–water partition coefficient (Wildman–Crippen LogP) is 2.74. The van der Waals surface area contributed by atoms with E-state index in [2.05, 4.69) is 41.6 Å². The molecule has 0 unspecified atom stereocenters. The molecule has 1 aliphatic rings. The van der Waals surface area contributed by atoms with Crippen LogP contribution in [0.1, 0.15) is 26.3 Å². The summed E-state index contributed by atoms with van der Waals surface area (Å²) in [6.07, 6.45) is 3.72. The molecule has 0 bridgehead atoms. The first-order valence-corrected chi connectivity index (χ1v) is 7.04. The summed E-state index contributed by atoms with van der Waals surface area (Å²) in [5.74, 6) is 0.530. The van der Waals surface area contributed by atoms with Crippen molar-refractivity contribution in [3.63, 3.8) is 0 Å². The Bertz CT molecular complexity index is 392. The zero-order valence-electron chi connectivity index (χ0n) is 11.5. The molecular formula is C14H22ClN3. The molecule has 4 heteroatoms. The summed E-state index contributed by atoms with van der Waals surface area (Å²) in [5.41, 5.74) is 2.64. The molecule has 0 atom stereocenters. The second-order valence-electron chi connectivity index (χ2n) is 5.78. The first kappa shape index (κ1) is 13.6. The Morgan fingerprint density at radius 1 is 1.22 bits per heavy atom. The number of hydrogen-bond acceptors (Lipinski definition) is 3. The van der Waals surface area contributed by atoms with Crippen LogP contribution >= 0.6 is 11.6 Å². The van der Waals surface area contributed by atoms with E-state index in [1.807, 2.05) is 12.4 Å². The van der Waals surface area contributed by atoms with Crippen molar-refractivity contribution in [2.75, 3.05) is 31.1 Å². The first-order chi connectivity index (χ1) is 8.52. The van der Waals surface area contributed by atoms with E-state index < -0.39 is 0 Å². The molecule has 2 heterocycles. The topological polar surface area (TPSA) is 19.4 Å². The minimum atomic E-state index is 0.264. The maximum Gasteiger partial charge on any atom is 0.0509 e. The molecular weight excluding hydrogens is 246 g/mol. The van der Waals surface area contributed by atoms with Crippen molar-refractivity contribution in [3.8, 4) is 0 Å². The van der Waals surface area contributed by atoms with Gasteiger partial charge in [-0.05, 0) is 26.8 Å². The van der Waals surface area contributed by atoms with Gasteiger partial charge in [-0.25, -0.2) is 0 Å². The zero-order chi connectivity index (χ0) is 13.2. The molecule has 1 aromatic rings. The average Bonchev–Trinajstić information content (AvgIpc) is 2.38. The Morgan fingerprint density at radius 3 is 2.44 bits per heavy atom. The fourth-order valence-corrected chi connectivity index (χ4v) is 2.66. The standard InChI is InChI=1S/C14H22ClN3/c1-14(2,3)18-8-6-17(7-9-18)13-4-5-16-11-12(13)10-15/h4-5,11H,6-10H2,1-3H3. The van der Waals surface area contributed by atoms with Gasteiger partial charge in [0.1, 0.15) is 0 Å². The van der Waals surface area contributed by atoms with E-state index in [1.54, 1.807) is 0 Å². The third-order valence-electron chi connectivity index (χ3n) is 3.59. The van der Waals surface area contributed by atoms with E-state index in [0.29, 0.717) is 5.88 Å². The lowest BCUT2D eigenvalue weighted by molar-refractivity contribution is 0.128. The lowest BCUT2D eigenvalue weighted by Crippen LogP contribution is -2.53. The van der Waals surface area contributed by atoms with Crippen LogP contribution in [0.4, 0.5) is 5.69 Å². The van der Waals surface area contributed by atoms with E-state index in [4.69, 9.17) is 11.6 Å². The summed E-state index contributed by atoms with van der Waals surface area (Å²) < 4.78 is 0. The highest BCUT2D eigenvalue weighted by Gasteiger charge is 2.26. The minimum Gasteiger partial charge on any atom is -0.369 e. The van der Waals surface area contributed by atoms with Gasteiger partial charge in [-0.15, -0.1) is 11.6 Å². The van der Waals surface area contributed by atoms with Crippen LogP contribution in [0.3, 0.4) is 0 Å². The SMILES string of the molecule is CC(C)(C)N1CCN(c2ccncc2CCl)CC1. The summed E-state index contributed by atoms with van der Waals surface area (Å²) in [5, 5.41) is 0. The molecule has 1 aromatic heterocycles. The van der Waals surface area contributed by atoms with E-state index in [-0.39, 0.29) is 5.54 Å². The van der Waals surface area contributed by atoms with Crippen LogP contribution in [0.2, 0.25) is 0 Å². The molecule has 3 nitrogen and oxygen atoms in total. The van der Waals surface area contributed by atoms with Crippen molar-refractivity contribution in [3.05, 3.63) is 24.0 Å². The Hall–Kier alpha value is -0.800. The highest BCUT2D eigenvalue weighted by Crippen LogP contribution is 2.24. The Labute approximate surface area is 115 Å². The van der Waals surface area contributed by atoms with Crippen LogP contribution in [0.5, 0.6) is 0 Å². The van der Waals surface area contributed by atoms with Crippen LogP contribution in [0, 0.1) is 0 Å². The fraction of sp³-hybridized carbons (Fsp3) is 0.643. The maximum atomic E-state index is 5.98. The van der Waals surface area contributed by atoms with Crippen LogP contribution in [-0.2, 0) is 5.88 Å².